The lowest BCUT2D eigenvalue weighted by molar-refractivity contribution is -0.404. The Kier molecular flexibility index (Phi) is 33.8. The monoisotopic (exact) mass is 1310 g/mol. The Labute approximate surface area is 517 Å². The van der Waals surface area contributed by atoms with E-state index in [4.69, 9.17) is 43.7 Å². The van der Waals surface area contributed by atoms with Crippen LogP contribution in [-0.2, 0) is 54.0 Å². The SMILES string of the molecule is CC(=O)NCCCCC(C(=O)O)N(CC(=O)O)CC(=O)O.CCCc1c([N+](=O)[O-])cc([N+](=O)[O-])cc1[N+](=O)[O-].CCOCCNc1c([N+](=O)[O-])cc([N+](=O)[O-])cc1[N+](=O)[O-].COC1OC(CO)C(C(C)(C)OC2OC(CO)C(C(C)(C)OC)C(O)C2O)C(O)C1O. The Morgan fingerprint density at radius 3 is 1.43 bits per heavy atom. The molecule has 40 heteroatoms. The molecule has 2 aromatic rings. The second kappa shape index (κ2) is 38.0. The van der Waals surface area contributed by atoms with Crippen molar-refractivity contribution in [3.8, 4) is 0 Å². The quantitative estimate of drug-likeness (QED) is 0.0280. The van der Waals surface area contributed by atoms with Gasteiger partial charge in [0.2, 0.25) is 5.91 Å². The topological polar surface area (TPSA) is 592 Å². The van der Waals surface area contributed by atoms with Crippen LogP contribution < -0.4 is 10.6 Å². The first kappa shape index (κ1) is 81.0. The van der Waals surface area contributed by atoms with Crippen molar-refractivity contribution in [1.29, 1.82) is 0 Å². The molecule has 11 unspecified atom stereocenters. The van der Waals surface area contributed by atoms with Gasteiger partial charge in [-0.25, -0.2) is 0 Å². The summed E-state index contributed by atoms with van der Waals surface area (Å²) in [4.78, 5) is 104. The zero-order valence-electron chi connectivity index (χ0n) is 51.0. The third-order valence-electron chi connectivity index (χ3n) is 14.0. The van der Waals surface area contributed by atoms with Gasteiger partial charge in [0, 0.05) is 52.7 Å². The van der Waals surface area contributed by atoms with Crippen molar-refractivity contribution in [2.24, 2.45) is 11.8 Å². The zero-order chi connectivity index (χ0) is 70.0. The molecule has 40 nitrogen and oxygen atoms in total. The molecule has 2 aromatic carbocycles. The first-order chi connectivity index (χ1) is 42.3. The molecule has 2 aliphatic heterocycles. The molecule has 0 aliphatic carbocycles. The Morgan fingerprint density at radius 1 is 0.637 bits per heavy atom. The van der Waals surface area contributed by atoms with Gasteiger partial charge >= 0.3 is 29.3 Å². The van der Waals surface area contributed by atoms with Crippen molar-refractivity contribution < 1.29 is 123 Å². The van der Waals surface area contributed by atoms with Gasteiger partial charge < -0.3 is 85.0 Å². The minimum absolute atomic E-state index is 0.0851. The molecule has 11 atom stereocenters. The van der Waals surface area contributed by atoms with Crippen LogP contribution in [0.1, 0.15) is 79.7 Å². The van der Waals surface area contributed by atoms with Gasteiger partial charge in [-0.05, 0) is 60.3 Å². The number of aliphatic carboxylic acids is 3. The van der Waals surface area contributed by atoms with E-state index in [1.807, 2.05) is 0 Å². The van der Waals surface area contributed by atoms with E-state index in [2.05, 4.69) is 10.6 Å². The summed E-state index contributed by atoms with van der Waals surface area (Å²) in [5.41, 5.74) is -6.69. The number of benzene rings is 2. The second-order valence-electron chi connectivity index (χ2n) is 21.0. The maximum Gasteiger partial charge on any atom is 0.320 e. The smallest absolute Gasteiger partial charge is 0.320 e. The summed E-state index contributed by atoms with van der Waals surface area (Å²) >= 11 is 0. The Morgan fingerprint density at radius 2 is 1.07 bits per heavy atom. The van der Waals surface area contributed by atoms with Crippen LogP contribution in [-0.4, -0.2) is 237 Å². The number of nitro benzene ring substituents is 6. The normalized spacial score (nSPS) is 21.6. The van der Waals surface area contributed by atoms with Gasteiger partial charge in [0.15, 0.2) is 18.3 Å². The van der Waals surface area contributed by atoms with E-state index in [0.717, 1.165) is 17.0 Å². The number of aliphatic hydroxyl groups is 6. The molecule has 0 radical (unpaired) electrons. The Hall–Kier alpha value is -8.00. The average molecular weight is 1310 g/mol. The summed E-state index contributed by atoms with van der Waals surface area (Å²) in [7, 11) is 2.76. The molecule has 2 heterocycles. The molecule has 4 rings (SSSR count). The number of amides is 1. The number of nitrogens with one attached hydrogen (secondary N) is 2. The van der Waals surface area contributed by atoms with Gasteiger partial charge in [-0.15, -0.1) is 0 Å². The summed E-state index contributed by atoms with van der Waals surface area (Å²) in [5, 5.41) is 159. The van der Waals surface area contributed by atoms with Crippen molar-refractivity contribution in [3.05, 3.63) is 90.5 Å². The van der Waals surface area contributed by atoms with Crippen LogP contribution in [0.15, 0.2) is 24.3 Å². The third-order valence-corrected chi connectivity index (χ3v) is 14.0. The van der Waals surface area contributed by atoms with Crippen molar-refractivity contribution >= 4 is 63.6 Å². The minimum Gasteiger partial charge on any atom is -0.480 e. The minimum atomic E-state index is -1.49. The maximum atomic E-state index is 11.2. The average Bonchev–Trinajstić information content (AvgIpc) is 0.772. The first-order valence-corrected chi connectivity index (χ1v) is 27.5. The van der Waals surface area contributed by atoms with Gasteiger partial charge in [0.1, 0.15) is 23.8 Å². The number of non-ortho nitro benzene ring substituents is 2. The molecule has 2 saturated heterocycles. The third kappa shape index (κ3) is 24.3. The molecule has 2 aliphatic rings. The number of carboxylic acid groups (broad SMARTS) is 3. The molecule has 11 N–H and O–H groups in total. The number of methoxy groups -OCH3 is 2. The summed E-state index contributed by atoms with van der Waals surface area (Å²) in [6, 6.07) is 1.66. The number of nitrogens with zero attached hydrogens (tertiary/aromatic N) is 7. The van der Waals surface area contributed by atoms with Crippen LogP contribution in [0.2, 0.25) is 0 Å². The van der Waals surface area contributed by atoms with Crippen molar-refractivity contribution in [1.82, 2.24) is 10.2 Å². The summed E-state index contributed by atoms with van der Waals surface area (Å²) in [6.45, 7) is 10.2. The highest BCUT2D eigenvalue weighted by molar-refractivity contribution is 5.78. The molecular formula is C51H79N9O31. The molecule has 91 heavy (non-hydrogen) atoms. The summed E-state index contributed by atoms with van der Waals surface area (Å²) < 4.78 is 32.7. The fourth-order valence-electron chi connectivity index (χ4n) is 9.64. The van der Waals surface area contributed by atoms with E-state index < -0.39 is 186 Å². The first-order valence-electron chi connectivity index (χ1n) is 27.5. The van der Waals surface area contributed by atoms with Crippen molar-refractivity contribution in [3.63, 3.8) is 0 Å². The Bertz CT molecular complexity index is 2720. The number of nitro groups is 6. The highest BCUT2D eigenvalue weighted by Gasteiger charge is 2.56. The highest BCUT2D eigenvalue weighted by Crippen LogP contribution is 2.42. The number of hydrogen-bond acceptors (Lipinski definition) is 30. The van der Waals surface area contributed by atoms with E-state index in [0.29, 0.717) is 44.5 Å². The van der Waals surface area contributed by atoms with Crippen LogP contribution in [0.5, 0.6) is 0 Å². The van der Waals surface area contributed by atoms with Crippen LogP contribution in [0.4, 0.5) is 39.8 Å². The lowest BCUT2D eigenvalue weighted by Crippen LogP contribution is -2.66. The standard InChI is InChI=1S/C20H38O11.C12H20N2O7.C10H12N4O7.C9H9N3O6/c1-19(2,28-6)11-9(7-21)30-18(16(26)13(11)23)31-20(3,4)12-10(8-22)29-17(27-5)15(25)14(12)24;1-8(15)13-5-3-2-4-9(12(20)21)14(6-10(16)17)7-11(18)19;1-2-21-4-3-11-10-8(13(17)18)5-7(12(15)16)6-9(10)14(19)20;1-2-3-7-8(11(15)16)4-6(10(13)14)5-9(7)12(17)18/h9-18,21-26H,7-8H2,1-6H3;9H,2-7H2,1H3,(H,13,15)(H,16,17)(H,18,19)(H,20,21);5-6,11H,2-4H2,1H3;4-5H,2-3H2,1H3. The van der Waals surface area contributed by atoms with E-state index in [9.17, 15) is 111 Å². The number of unbranched alkanes of at least 4 members (excludes halogenated alkanes) is 1. The number of ether oxygens (including phenoxy) is 6. The number of anilines is 1. The molecule has 1 amide bonds. The largest absolute Gasteiger partial charge is 0.480 e. The van der Waals surface area contributed by atoms with Crippen molar-refractivity contribution in [2.75, 3.05) is 72.1 Å². The fourth-order valence-corrected chi connectivity index (χ4v) is 9.64. The zero-order valence-corrected chi connectivity index (χ0v) is 51.0. The van der Waals surface area contributed by atoms with Gasteiger partial charge in [-0.1, -0.05) is 13.3 Å². The van der Waals surface area contributed by atoms with Crippen LogP contribution in [0.3, 0.4) is 0 Å². The van der Waals surface area contributed by atoms with E-state index in [1.54, 1.807) is 41.5 Å². The maximum absolute atomic E-state index is 11.2. The predicted molar refractivity (Wildman–Crippen MR) is 308 cm³/mol. The van der Waals surface area contributed by atoms with Gasteiger partial charge in [0.25, 0.3) is 22.7 Å². The molecule has 2 fully saturated rings. The van der Waals surface area contributed by atoms with E-state index in [1.165, 1.54) is 21.1 Å². The molecule has 0 spiro atoms. The van der Waals surface area contributed by atoms with Crippen LogP contribution in [0.25, 0.3) is 0 Å². The number of hydrogen-bond donors (Lipinski definition) is 11. The lowest BCUT2D eigenvalue weighted by atomic mass is 9.76. The van der Waals surface area contributed by atoms with Crippen molar-refractivity contribution in [2.45, 2.75) is 147 Å². The highest BCUT2D eigenvalue weighted by atomic mass is 16.7. The van der Waals surface area contributed by atoms with E-state index in [-0.39, 0.29) is 43.2 Å². The number of carbonyl (C=O) groups excluding carboxylic acids is 1. The fraction of sp³-hybridized carbons (Fsp3) is 0.686. The number of carbonyl (C=O) groups is 4. The van der Waals surface area contributed by atoms with Gasteiger partial charge in [-0.3, -0.25) is 84.8 Å². The molecule has 0 aromatic heterocycles. The summed E-state index contributed by atoms with van der Waals surface area (Å²) in [6.07, 6.45) is -8.34. The number of carboxylic acids is 3. The second-order valence-corrected chi connectivity index (χ2v) is 21.0. The van der Waals surface area contributed by atoms with Gasteiger partial charge in [0.05, 0.1) is 122 Å². The molecule has 514 valence electrons. The number of rotatable bonds is 32. The van der Waals surface area contributed by atoms with Crippen LogP contribution >= 0.6 is 0 Å². The summed E-state index contributed by atoms with van der Waals surface area (Å²) in [5.74, 6) is -5.73. The van der Waals surface area contributed by atoms with Gasteiger partial charge in [-0.2, -0.15) is 0 Å². The number of aliphatic hydroxyl groups excluding tert-OH is 6. The predicted octanol–water partition coefficient (Wildman–Crippen LogP) is 1.40. The van der Waals surface area contributed by atoms with Crippen LogP contribution in [0, 0.1) is 72.5 Å². The Balaban J connectivity index is 0.000000621. The van der Waals surface area contributed by atoms with E-state index >= 15 is 0 Å². The molecule has 0 saturated carbocycles. The molecule has 0 bridgehead atoms. The lowest BCUT2D eigenvalue weighted by Gasteiger charge is -2.52. The molecular weight excluding hydrogens is 1230 g/mol.